The van der Waals surface area contributed by atoms with Gasteiger partial charge in [-0.15, -0.1) is 0 Å². The van der Waals surface area contributed by atoms with Crippen LogP contribution in [0.15, 0.2) is 17.3 Å². The molecule has 0 saturated carbocycles. The molecule has 0 aliphatic carbocycles. The van der Waals surface area contributed by atoms with Crippen LogP contribution in [-0.2, 0) is 4.79 Å². The van der Waals surface area contributed by atoms with Gasteiger partial charge in [0.25, 0.3) is 5.91 Å². The van der Waals surface area contributed by atoms with Crippen molar-refractivity contribution in [2.24, 2.45) is 10.9 Å². The van der Waals surface area contributed by atoms with E-state index in [2.05, 4.69) is 15.3 Å². The minimum absolute atomic E-state index is 0.0375. The summed E-state index contributed by atoms with van der Waals surface area (Å²) in [5.74, 6) is -3.04. The van der Waals surface area contributed by atoms with E-state index in [1.54, 1.807) is 6.92 Å². The molecular weight excluding hydrogens is 290 g/mol. The number of carbonyl (C=O) groups excluding carboxylic acids is 1. The molecular formula is C14H15N3O5. The standard InChI is InChI=1S/C14H15N3O5/c1-6(2)14(3)13(22)16-10(17-14)9-8(12(20)21)4-7(5-15-9)11(18)19/h4-6H,1-3H3,(H,18,19)(H,20,21)(H,16,17,22)/t14-/m1/s1. The number of aromatic nitrogens is 1. The molecule has 3 N–H and O–H groups in total. The van der Waals surface area contributed by atoms with E-state index in [-0.39, 0.29) is 34.5 Å². The van der Waals surface area contributed by atoms with Gasteiger partial charge in [-0.05, 0) is 18.9 Å². The first-order valence-electron chi connectivity index (χ1n) is 6.55. The zero-order valence-electron chi connectivity index (χ0n) is 12.2. The number of nitrogens with zero attached hydrogens (tertiary/aromatic N) is 2. The zero-order valence-corrected chi connectivity index (χ0v) is 12.2. The van der Waals surface area contributed by atoms with E-state index in [9.17, 15) is 19.5 Å². The Hall–Kier alpha value is -2.77. The monoisotopic (exact) mass is 305 g/mol. The summed E-state index contributed by atoms with van der Waals surface area (Å²) in [4.78, 5) is 42.5. The van der Waals surface area contributed by atoms with E-state index in [4.69, 9.17) is 5.11 Å². The minimum atomic E-state index is -1.35. The van der Waals surface area contributed by atoms with E-state index in [0.29, 0.717) is 0 Å². The van der Waals surface area contributed by atoms with Gasteiger partial charge in [-0.3, -0.25) is 9.78 Å². The molecule has 0 spiro atoms. The molecule has 0 saturated heterocycles. The van der Waals surface area contributed by atoms with Gasteiger partial charge in [0, 0.05) is 6.20 Å². The van der Waals surface area contributed by atoms with Crippen molar-refractivity contribution in [1.29, 1.82) is 0 Å². The molecule has 1 aromatic heterocycles. The Morgan fingerprint density at radius 2 is 1.91 bits per heavy atom. The molecule has 0 bridgehead atoms. The van der Waals surface area contributed by atoms with Crippen molar-refractivity contribution < 1.29 is 24.6 Å². The third-order valence-electron chi connectivity index (χ3n) is 3.75. The minimum Gasteiger partial charge on any atom is -0.478 e. The third kappa shape index (κ3) is 2.43. The molecule has 1 aliphatic heterocycles. The number of carbonyl (C=O) groups is 3. The van der Waals surface area contributed by atoms with E-state index in [0.717, 1.165) is 12.3 Å². The Morgan fingerprint density at radius 3 is 2.36 bits per heavy atom. The predicted octanol–water partition coefficient (Wildman–Crippen LogP) is 0.769. The van der Waals surface area contributed by atoms with Gasteiger partial charge in [-0.1, -0.05) is 13.8 Å². The molecule has 0 unspecified atom stereocenters. The highest BCUT2D eigenvalue weighted by atomic mass is 16.4. The summed E-state index contributed by atoms with van der Waals surface area (Å²) in [6, 6.07) is 0.993. The van der Waals surface area contributed by atoms with E-state index < -0.39 is 17.5 Å². The molecule has 1 amide bonds. The second-order valence-corrected chi connectivity index (χ2v) is 5.45. The van der Waals surface area contributed by atoms with Crippen LogP contribution in [0.5, 0.6) is 0 Å². The van der Waals surface area contributed by atoms with Crippen LogP contribution in [0, 0.1) is 5.92 Å². The Balaban J connectivity index is 2.57. The summed E-state index contributed by atoms with van der Waals surface area (Å²) in [5.41, 5.74) is -1.65. The molecule has 1 aliphatic rings. The highest BCUT2D eigenvalue weighted by Gasteiger charge is 2.43. The summed E-state index contributed by atoms with van der Waals surface area (Å²) in [5, 5.41) is 20.7. The average Bonchev–Trinajstić information content (AvgIpc) is 2.75. The number of hydrogen-bond acceptors (Lipinski definition) is 5. The number of carboxylic acid groups (broad SMARTS) is 2. The van der Waals surface area contributed by atoms with Crippen molar-refractivity contribution >= 4 is 23.7 Å². The Labute approximate surface area is 125 Å². The van der Waals surface area contributed by atoms with Gasteiger partial charge in [-0.25, -0.2) is 14.6 Å². The molecule has 1 aromatic rings. The van der Waals surface area contributed by atoms with Crippen molar-refractivity contribution in [3.05, 3.63) is 29.1 Å². The highest BCUT2D eigenvalue weighted by molar-refractivity contribution is 6.17. The molecule has 1 atom stereocenters. The topological polar surface area (TPSA) is 129 Å². The number of aromatic carboxylic acids is 2. The zero-order chi connectivity index (χ0) is 16.7. The quantitative estimate of drug-likeness (QED) is 0.753. The Morgan fingerprint density at radius 1 is 1.27 bits per heavy atom. The largest absolute Gasteiger partial charge is 0.478 e. The fourth-order valence-corrected chi connectivity index (χ4v) is 1.98. The lowest BCUT2D eigenvalue weighted by atomic mass is 9.89. The molecule has 0 aromatic carbocycles. The van der Waals surface area contributed by atoms with Crippen LogP contribution in [0.3, 0.4) is 0 Å². The lowest BCUT2D eigenvalue weighted by molar-refractivity contribution is -0.124. The van der Waals surface area contributed by atoms with Gasteiger partial charge in [0.05, 0.1) is 11.1 Å². The predicted molar refractivity (Wildman–Crippen MR) is 76.1 cm³/mol. The van der Waals surface area contributed by atoms with Gasteiger partial charge in [0.1, 0.15) is 11.2 Å². The third-order valence-corrected chi connectivity index (χ3v) is 3.75. The van der Waals surface area contributed by atoms with Crippen molar-refractivity contribution in [3.8, 4) is 0 Å². The van der Waals surface area contributed by atoms with E-state index in [1.807, 2.05) is 13.8 Å². The average molecular weight is 305 g/mol. The fraction of sp³-hybridized carbons (Fsp3) is 0.357. The van der Waals surface area contributed by atoms with Crippen molar-refractivity contribution in [3.63, 3.8) is 0 Å². The van der Waals surface area contributed by atoms with Crippen molar-refractivity contribution in [2.45, 2.75) is 26.3 Å². The van der Waals surface area contributed by atoms with Gasteiger partial charge in [-0.2, -0.15) is 0 Å². The summed E-state index contributed by atoms with van der Waals surface area (Å²) >= 11 is 0. The number of rotatable bonds is 4. The first-order chi connectivity index (χ1) is 10.2. The normalized spacial score (nSPS) is 20.7. The lowest BCUT2D eigenvalue weighted by Gasteiger charge is -2.21. The number of hydrogen-bond donors (Lipinski definition) is 3. The van der Waals surface area contributed by atoms with E-state index in [1.165, 1.54) is 0 Å². The highest BCUT2D eigenvalue weighted by Crippen LogP contribution is 2.27. The van der Waals surface area contributed by atoms with Crippen LogP contribution in [0.1, 0.15) is 47.2 Å². The summed E-state index contributed by atoms with van der Waals surface area (Å²) in [6.07, 6.45) is 1.03. The number of amidine groups is 1. The molecule has 0 fully saturated rings. The smallest absolute Gasteiger partial charge is 0.338 e. The first kappa shape index (κ1) is 15.6. The van der Waals surface area contributed by atoms with E-state index >= 15 is 0 Å². The second kappa shape index (κ2) is 5.21. The molecule has 116 valence electrons. The molecule has 22 heavy (non-hydrogen) atoms. The summed E-state index contributed by atoms with van der Waals surface area (Å²) < 4.78 is 0. The molecule has 0 radical (unpaired) electrons. The number of carboxylic acids is 2. The molecule has 8 heteroatoms. The molecule has 8 nitrogen and oxygen atoms in total. The van der Waals surface area contributed by atoms with Gasteiger partial charge in [0.15, 0.2) is 5.84 Å². The van der Waals surface area contributed by atoms with Crippen LogP contribution >= 0.6 is 0 Å². The maximum atomic E-state index is 12.1. The Bertz CT molecular complexity index is 710. The number of amides is 1. The first-order valence-corrected chi connectivity index (χ1v) is 6.55. The lowest BCUT2D eigenvalue weighted by Crippen LogP contribution is -2.41. The van der Waals surface area contributed by atoms with Crippen LogP contribution in [0.4, 0.5) is 0 Å². The molecule has 2 heterocycles. The van der Waals surface area contributed by atoms with Gasteiger partial charge >= 0.3 is 11.9 Å². The Kier molecular flexibility index (Phi) is 3.70. The SMILES string of the molecule is CC(C)[C@@]1(C)N=C(c2ncc(C(=O)O)cc2C(=O)O)NC1=O. The number of pyridine rings is 1. The summed E-state index contributed by atoms with van der Waals surface area (Å²) in [6.45, 7) is 5.29. The maximum Gasteiger partial charge on any atom is 0.338 e. The maximum absolute atomic E-state index is 12.1. The van der Waals surface area contributed by atoms with Crippen molar-refractivity contribution in [1.82, 2.24) is 10.3 Å². The van der Waals surface area contributed by atoms with Crippen LogP contribution in [0.25, 0.3) is 0 Å². The number of nitrogens with one attached hydrogen (secondary N) is 1. The van der Waals surface area contributed by atoms with Crippen molar-refractivity contribution in [2.75, 3.05) is 0 Å². The van der Waals surface area contributed by atoms with Crippen LogP contribution in [-0.4, -0.2) is 44.4 Å². The number of aliphatic imine (C=N–C) groups is 1. The van der Waals surface area contributed by atoms with Gasteiger partial charge < -0.3 is 15.5 Å². The second-order valence-electron chi connectivity index (χ2n) is 5.45. The fourth-order valence-electron chi connectivity index (χ4n) is 1.98. The molecule has 2 rings (SSSR count). The summed E-state index contributed by atoms with van der Waals surface area (Å²) in [7, 11) is 0. The van der Waals surface area contributed by atoms with Gasteiger partial charge in [0.2, 0.25) is 0 Å². The van der Waals surface area contributed by atoms with Crippen LogP contribution < -0.4 is 5.32 Å². The van der Waals surface area contributed by atoms with Crippen LogP contribution in [0.2, 0.25) is 0 Å².